The number of anilines is 1. The second-order valence-electron chi connectivity index (χ2n) is 6.01. The fraction of sp³-hybridized carbons (Fsp3) is 0.111. The number of hydrogen-bond donors (Lipinski definition) is 4. The minimum atomic E-state index is -0.546. The van der Waals surface area contributed by atoms with Crippen molar-refractivity contribution in [2.75, 3.05) is 11.9 Å². The van der Waals surface area contributed by atoms with E-state index in [-0.39, 0.29) is 10.9 Å². The van der Waals surface area contributed by atoms with Crippen molar-refractivity contribution >= 4 is 40.2 Å². The molecule has 4 aromatic rings. The van der Waals surface area contributed by atoms with Gasteiger partial charge in [-0.1, -0.05) is 11.6 Å². The lowest BCUT2D eigenvalue weighted by Gasteiger charge is -2.06. The molecule has 0 aliphatic carbocycles. The molecule has 0 saturated carbocycles. The number of nitrogens with one attached hydrogen (secondary N) is 3. The van der Waals surface area contributed by atoms with Crippen LogP contribution in [0, 0.1) is 5.82 Å². The van der Waals surface area contributed by atoms with E-state index in [9.17, 15) is 9.60 Å². The Kier molecular flexibility index (Phi) is 5.36. The third-order valence-corrected chi connectivity index (χ3v) is 4.38. The van der Waals surface area contributed by atoms with Crippen LogP contribution in [0.5, 0.6) is 0 Å². The average molecular weight is 415 g/mol. The van der Waals surface area contributed by atoms with Crippen molar-refractivity contribution in [1.29, 1.82) is 0 Å². The molecular weight excluding hydrogens is 399 g/mol. The predicted molar refractivity (Wildman–Crippen MR) is 107 cm³/mol. The van der Waals surface area contributed by atoms with Crippen LogP contribution in [0.2, 0.25) is 5.02 Å². The Morgan fingerprint density at radius 1 is 1.31 bits per heavy atom. The first kappa shape index (κ1) is 18.8. The molecule has 0 bridgehead atoms. The predicted octanol–water partition coefficient (Wildman–Crippen LogP) is 3.12. The number of aromatic amines is 1. The van der Waals surface area contributed by atoms with Crippen molar-refractivity contribution in [3.05, 3.63) is 65.3 Å². The van der Waals surface area contributed by atoms with Gasteiger partial charge in [0.2, 0.25) is 5.95 Å². The molecule has 0 unspecified atom stereocenters. The topological polar surface area (TPSA) is 116 Å². The number of pyridine rings is 1. The van der Waals surface area contributed by atoms with E-state index in [1.54, 1.807) is 23.1 Å². The largest absolute Gasteiger partial charge is 0.354 e. The molecule has 29 heavy (non-hydrogen) atoms. The highest BCUT2D eigenvalue weighted by Gasteiger charge is 2.13. The van der Waals surface area contributed by atoms with Crippen LogP contribution in [0.25, 0.3) is 11.2 Å². The molecule has 148 valence electrons. The number of aliphatic imine (C=N–C) groups is 1. The summed E-state index contributed by atoms with van der Waals surface area (Å²) in [5, 5.41) is 16.9. The van der Waals surface area contributed by atoms with Gasteiger partial charge in [0.1, 0.15) is 5.82 Å². The molecular formula is C18H16ClFN8O. The smallest absolute Gasteiger partial charge is 0.202 e. The maximum absolute atomic E-state index is 13.4. The standard InChI is InChI=1S/C18H16ClFN8O/c19-13-10-11(2-3-14(13)20)24-16(27-29)12-4-6-21-17-15(12)25-18(26-17)22-7-9-28-8-1-5-23-28/h1-6,8,10,29H,7,9H2,(H,24,27)(H2,21,22,25,26). The number of H-pyrrole nitrogens is 1. The number of amidine groups is 1. The van der Waals surface area contributed by atoms with Gasteiger partial charge >= 0.3 is 0 Å². The van der Waals surface area contributed by atoms with Gasteiger partial charge in [-0.25, -0.2) is 14.4 Å². The Balaban J connectivity index is 1.61. The highest BCUT2D eigenvalue weighted by atomic mass is 35.5. The Morgan fingerprint density at radius 3 is 2.97 bits per heavy atom. The molecule has 0 radical (unpaired) electrons. The molecule has 0 amide bonds. The number of rotatable bonds is 6. The minimum Gasteiger partial charge on any atom is -0.354 e. The van der Waals surface area contributed by atoms with E-state index in [1.165, 1.54) is 18.2 Å². The summed E-state index contributed by atoms with van der Waals surface area (Å²) in [4.78, 5) is 16.1. The Hall–Kier alpha value is -3.50. The second-order valence-corrected chi connectivity index (χ2v) is 6.42. The first-order valence-electron chi connectivity index (χ1n) is 8.64. The maximum Gasteiger partial charge on any atom is 0.202 e. The zero-order chi connectivity index (χ0) is 20.2. The molecule has 3 aromatic heterocycles. The van der Waals surface area contributed by atoms with Crippen LogP contribution < -0.4 is 10.8 Å². The molecule has 0 aliphatic heterocycles. The minimum absolute atomic E-state index is 0.0615. The molecule has 3 heterocycles. The molecule has 9 nitrogen and oxygen atoms in total. The number of fused-ring (bicyclic) bond motifs is 1. The normalized spacial score (nSPS) is 11.8. The van der Waals surface area contributed by atoms with Crippen molar-refractivity contribution in [3.63, 3.8) is 0 Å². The Bertz CT molecular complexity index is 1160. The third kappa shape index (κ3) is 4.18. The van der Waals surface area contributed by atoms with Gasteiger partial charge in [0.15, 0.2) is 11.5 Å². The van der Waals surface area contributed by atoms with E-state index in [2.05, 4.69) is 35.8 Å². The van der Waals surface area contributed by atoms with Gasteiger partial charge in [-0.15, -0.1) is 0 Å². The summed E-state index contributed by atoms with van der Waals surface area (Å²) in [5.41, 5.74) is 3.99. The number of nitrogens with zero attached hydrogens (tertiary/aromatic N) is 5. The third-order valence-electron chi connectivity index (χ3n) is 4.09. The summed E-state index contributed by atoms with van der Waals surface area (Å²) < 4.78 is 15.2. The fourth-order valence-electron chi connectivity index (χ4n) is 2.74. The summed E-state index contributed by atoms with van der Waals surface area (Å²) in [5.74, 6) is 0.107. The lowest BCUT2D eigenvalue weighted by Crippen LogP contribution is -2.20. The summed E-state index contributed by atoms with van der Waals surface area (Å²) in [6.07, 6.45) is 5.14. The van der Waals surface area contributed by atoms with Crippen molar-refractivity contribution in [2.24, 2.45) is 4.99 Å². The van der Waals surface area contributed by atoms with Crippen molar-refractivity contribution in [3.8, 4) is 0 Å². The van der Waals surface area contributed by atoms with Crippen molar-refractivity contribution in [2.45, 2.75) is 6.54 Å². The number of hydrogen-bond acceptors (Lipinski definition) is 6. The summed E-state index contributed by atoms with van der Waals surface area (Å²) in [7, 11) is 0. The Morgan fingerprint density at radius 2 is 2.21 bits per heavy atom. The molecule has 4 N–H and O–H groups in total. The highest BCUT2D eigenvalue weighted by molar-refractivity contribution is 6.31. The van der Waals surface area contributed by atoms with Crippen LogP contribution in [-0.2, 0) is 6.54 Å². The van der Waals surface area contributed by atoms with Gasteiger partial charge < -0.3 is 10.3 Å². The first-order valence-corrected chi connectivity index (χ1v) is 9.02. The van der Waals surface area contributed by atoms with Crippen molar-refractivity contribution in [1.82, 2.24) is 30.2 Å². The van der Waals surface area contributed by atoms with E-state index in [0.717, 1.165) is 0 Å². The zero-order valence-electron chi connectivity index (χ0n) is 15.0. The van der Waals surface area contributed by atoms with Crippen LogP contribution >= 0.6 is 11.6 Å². The van der Waals surface area contributed by atoms with Crippen molar-refractivity contribution < 1.29 is 9.60 Å². The molecule has 0 fully saturated rings. The first-order chi connectivity index (χ1) is 14.1. The zero-order valence-corrected chi connectivity index (χ0v) is 15.7. The Labute approximate surface area is 169 Å². The molecule has 11 heteroatoms. The monoisotopic (exact) mass is 414 g/mol. The van der Waals surface area contributed by atoms with E-state index < -0.39 is 5.82 Å². The van der Waals surface area contributed by atoms with E-state index in [1.807, 2.05) is 12.3 Å². The van der Waals surface area contributed by atoms with Crippen LogP contribution in [0.4, 0.5) is 16.0 Å². The van der Waals surface area contributed by atoms with Gasteiger partial charge in [-0.05, 0) is 30.3 Å². The van der Waals surface area contributed by atoms with Crippen LogP contribution in [0.3, 0.4) is 0 Å². The fourth-order valence-corrected chi connectivity index (χ4v) is 2.92. The maximum atomic E-state index is 13.4. The summed E-state index contributed by atoms with van der Waals surface area (Å²) in [6, 6.07) is 7.54. The van der Waals surface area contributed by atoms with Crippen LogP contribution in [0.1, 0.15) is 5.56 Å². The van der Waals surface area contributed by atoms with Gasteiger partial charge in [0, 0.05) is 30.7 Å². The van der Waals surface area contributed by atoms with E-state index >= 15 is 0 Å². The molecule has 0 saturated heterocycles. The molecule has 1 aromatic carbocycles. The van der Waals surface area contributed by atoms with Gasteiger partial charge in [-0.2, -0.15) is 10.1 Å². The lowest BCUT2D eigenvalue weighted by atomic mass is 10.2. The van der Waals surface area contributed by atoms with Gasteiger partial charge in [-0.3, -0.25) is 15.4 Å². The number of hydroxylamine groups is 1. The van der Waals surface area contributed by atoms with Gasteiger partial charge in [0.05, 0.1) is 22.8 Å². The summed E-state index contributed by atoms with van der Waals surface area (Å²) in [6.45, 7) is 1.27. The molecule has 0 aliphatic rings. The number of benzene rings is 1. The van der Waals surface area contributed by atoms with Gasteiger partial charge in [0.25, 0.3) is 0 Å². The molecule has 0 atom stereocenters. The second kappa shape index (κ2) is 8.25. The lowest BCUT2D eigenvalue weighted by molar-refractivity contribution is 0.235. The molecule has 4 rings (SSSR count). The number of imidazole rings is 1. The average Bonchev–Trinajstić information content (AvgIpc) is 3.38. The van der Waals surface area contributed by atoms with E-state index in [4.69, 9.17) is 11.6 Å². The quantitative estimate of drug-likeness (QED) is 0.219. The SMILES string of the molecule is ONC(=Nc1ccc(F)c(Cl)c1)c1ccnc2nc(NCCn3cccn3)[nH]c12. The number of aromatic nitrogens is 5. The molecule has 0 spiro atoms. The number of halogens is 2. The highest BCUT2D eigenvalue weighted by Crippen LogP contribution is 2.23. The van der Waals surface area contributed by atoms with E-state index in [0.29, 0.717) is 41.5 Å². The van der Waals surface area contributed by atoms with Crippen LogP contribution in [-0.4, -0.2) is 42.3 Å². The summed E-state index contributed by atoms with van der Waals surface area (Å²) >= 11 is 5.80. The van der Waals surface area contributed by atoms with Crippen LogP contribution in [0.15, 0.2) is 53.9 Å².